The van der Waals surface area contributed by atoms with Crippen molar-refractivity contribution in [2.45, 2.75) is 13.0 Å². The summed E-state index contributed by atoms with van der Waals surface area (Å²) in [6.07, 6.45) is 3.24. The Kier molecular flexibility index (Phi) is 6.46. The van der Waals surface area contributed by atoms with Crippen LogP contribution in [0.4, 0.5) is 11.6 Å². The molecule has 4 aromatic rings. The zero-order valence-electron chi connectivity index (χ0n) is 20.9. The van der Waals surface area contributed by atoms with E-state index in [4.69, 9.17) is 24.3 Å². The third-order valence-corrected chi connectivity index (χ3v) is 6.05. The molecule has 2 N–H and O–H groups in total. The fraction of sp³-hybridized carbons (Fsp3) is 0.185. The number of aromatic nitrogens is 4. The Morgan fingerprint density at radius 1 is 1.00 bits per heavy atom. The van der Waals surface area contributed by atoms with Gasteiger partial charge in [0.25, 0.3) is 5.91 Å². The van der Waals surface area contributed by atoms with E-state index in [1.807, 2.05) is 49.4 Å². The third kappa shape index (κ3) is 4.44. The number of pyridine rings is 1. The molecule has 0 radical (unpaired) electrons. The van der Waals surface area contributed by atoms with Gasteiger partial charge in [0.15, 0.2) is 17.3 Å². The Labute approximate surface area is 213 Å². The van der Waals surface area contributed by atoms with Crippen LogP contribution in [-0.4, -0.2) is 47.0 Å². The summed E-state index contributed by atoms with van der Waals surface area (Å²) in [6.45, 7) is 1.84. The van der Waals surface area contributed by atoms with Gasteiger partial charge in [-0.15, -0.1) is 5.10 Å². The molecule has 2 aromatic heterocycles. The number of carbonyl (C=O) groups is 1. The lowest BCUT2D eigenvalue weighted by molar-refractivity contribution is -0.113. The monoisotopic (exact) mass is 498 g/mol. The Morgan fingerprint density at radius 2 is 1.73 bits per heavy atom. The van der Waals surface area contributed by atoms with Crippen molar-refractivity contribution >= 4 is 17.5 Å². The zero-order chi connectivity index (χ0) is 25.9. The Morgan fingerprint density at radius 3 is 2.35 bits per heavy atom. The van der Waals surface area contributed by atoms with E-state index < -0.39 is 6.04 Å². The van der Waals surface area contributed by atoms with Gasteiger partial charge in [-0.3, -0.25) is 9.78 Å². The summed E-state index contributed by atoms with van der Waals surface area (Å²) in [5.74, 6) is 2.11. The van der Waals surface area contributed by atoms with Gasteiger partial charge in [-0.05, 0) is 36.8 Å². The second-order valence-corrected chi connectivity index (χ2v) is 8.29. The SMILES string of the molecule is COc1cc([C@H]2C(C(=O)Nc3cccnc3)=C(C)Nc3nc(-c4ccccc4)nn32)cc(OC)c1OC. The molecule has 0 saturated heterocycles. The van der Waals surface area contributed by atoms with Gasteiger partial charge in [0.2, 0.25) is 11.7 Å². The van der Waals surface area contributed by atoms with Crippen LogP contribution in [-0.2, 0) is 4.79 Å². The molecule has 1 amide bonds. The second kappa shape index (κ2) is 10.0. The van der Waals surface area contributed by atoms with Crippen LogP contribution < -0.4 is 24.8 Å². The van der Waals surface area contributed by atoms with Crippen molar-refractivity contribution in [3.63, 3.8) is 0 Å². The molecule has 0 bridgehead atoms. The lowest BCUT2D eigenvalue weighted by Crippen LogP contribution is -2.31. The highest BCUT2D eigenvalue weighted by atomic mass is 16.5. The van der Waals surface area contributed by atoms with Gasteiger partial charge < -0.3 is 24.8 Å². The number of benzene rings is 2. The van der Waals surface area contributed by atoms with Gasteiger partial charge in [0.1, 0.15) is 6.04 Å². The number of ether oxygens (including phenoxy) is 3. The molecule has 0 spiro atoms. The van der Waals surface area contributed by atoms with Crippen molar-refractivity contribution in [2.75, 3.05) is 32.0 Å². The van der Waals surface area contributed by atoms with Gasteiger partial charge in [-0.25, -0.2) is 4.68 Å². The Balaban J connectivity index is 1.68. The molecule has 10 heteroatoms. The highest BCUT2D eigenvalue weighted by Crippen LogP contribution is 2.44. The third-order valence-electron chi connectivity index (χ3n) is 6.05. The molecule has 188 valence electrons. The van der Waals surface area contributed by atoms with Crippen LogP contribution in [0.3, 0.4) is 0 Å². The van der Waals surface area contributed by atoms with E-state index >= 15 is 0 Å². The molecule has 0 aliphatic carbocycles. The van der Waals surface area contributed by atoms with Gasteiger partial charge in [-0.1, -0.05) is 30.3 Å². The van der Waals surface area contributed by atoms with Crippen molar-refractivity contribution < 1.29 is 19.0 Å². The molecule has 1 aliphatic rings. The maximum absolute atomic E-state index is 13.7. The number of anilines is 2. The molecule has 5 rings (SSSR count). The Hall–Kier alpha value is -4.86. The zero-order valence-corrected chi connectivity index (χ0v) is 20.9. The molecular formula is C27H26N6O4. The fourth-order valence-corrected chi connectivity index (χ4v) is 4.36. The Bertz CT molecular complexity index is 1440. The number of hydrogen-bond acceptors (Lipinski definition) is 8. The van der Waals surface area contributed by atoms with Crippen LogP contribution >= 0.6 is 0 Å². The van der Waals surface area contributed by atoms with Gasteiger partial charge in [0.05, 0.1) is 38.8 Å². The van der Waals surface area contributed by atoms with Crippen LogP contribution in [0.5, 0.6) is 17.2 Å². The lowest BCUT2D eigenvalue weighted by Gasteiger charge is -2.29. The number of rotatable bonds is 7. The highest BCUT2D eigenvalue weighted by Gasteiger charge is 2.35. The van der Waals surface area contributed by atoms with Gasteiger partial charge in [-0.2, -0.15) is 4.98 Å². The molecular weight excluding hydrogens is 472 g/mol. The maximum Gasteiger partial charge on any atom is 0.255 e. The molecule has 0 unspecified atom stereocenters. The molecule has 0 saturated carbocycles. The number of amides is 1. The van der Waals surface area contributed by atoms with E-state index in [2.05, 4.69) is 15.6 Å². The quantitative estimate of drug-likeness (QED) is 0.388. The summed E-state index contributed by atoms with van der Waals surface area (Å²) >= 11 is 0. The van der Waals surface area contributed by atoms with E-state index in [1.165, 1.54) is 0 Å². The molecule has 1 atom stereocenters. The number of nitrogens with one attached hydrogen (secondary N) is 2. The van der Waals surface area contributed by atoms with E-state index in [1.54, 1.807) is 50.5 Å². The molecule has 37 heavy (non-hydrogen) atoms. The van der Waals surface area contributed by atoms with Gasteiger partial charge in [0, 0.05) is 17.5 Å². The highest BCUT2D eigenvalue weighted by molar-refractivity contribution is 6.06. The first-order chi connectivity index (χ1) is 18.0. The van der Waals surface area contributed by atoms with Crippen LogP contribution in [0.1, 0.15) is 18.5 Å². The first kappa shape index (κ1) is 23.9. The summed E-state index contributed by atoms with van der Waals surface area (Å²) in [4.78, 5) is 22.5. The van der Waals surface area contributed by atoms with Gasteiger partial charge >= 0.3 is 0 Å². The molecule has 0 fully saturated rings. The largest absolute Gasteiger partial charge is 0.493 e. The minimum Gasteiger partial charge on any atom is -0.493 e. The number of methoxy groups -OCH3 is 3. The van der Waals surface area contributed by atoms with Crippen LogP contribution in [0, 0.1) is 0 Å². The molecule has 2 aromatic carbocycles. The summed E-state index contributed by atoms with van der Waals surface area (Å²) in [6, 6.07) is 16.2. The van der Waals surface area contributed by atoms with Crippen LogP contribution in [0.25, 0.3) is 11.4 Å². The van der Waals surface area contributed by atoms with Crippen molar-refractivity contribution in [3.8, 4) is 28.6 Å². The molecule has 3 heterocycles. The summed E-state index contributed by atoms with van der Waals surface area (Å²) < 4.78 is 18.4. The number of nitrogens with zero attached hydrogens (tertiary/aromatic N) is 4. The average molecular weight is 499 g/mol. The first-order valence-corrected chi connectivity index (χ1v) is 11.5. The van der Waals surface area contributed by atoms with E-state index in [-0.39, 0.29) is 5.91 Å². The predicted octanol–water partition coefficient (Wildman–Crippen LogP) is 4.29. The van der Waals surface area contributed by atoms with Crippen molar-refractivity contribution in [1.82, 2.24) is 19.7 Å². The number of fused-ring (bicyclic) bond motifs is 1. The van der Waals surface area contributed by atoms with Crippen molar-refractivity contribution in [2.24, 2.45) is 0 Å². The van der Waals surface area contributed by atoms with Crippen molar-refractivity contribution in [1.29, 1.82) is 0 Å². The standard InChI is InChI=1S/C27H26N6O4/c1-16-22(26(34)30-19-11-8-12-28-15-19)23(18-13-20(35-2)24(37-4)21(14-18)36-3)33-27(29-16)31-25(32-33)17-9-6-5-7-10-17/h5-15,23H,1-4H3,(H,30,34)(H,29,31,32)/t23-/m0/s1. The topological polar surface area (TPSA) is 112 Å². The summed E-state index contributed by atoms with van der Waals surface area (Å²) in [5, 5.41) is 11.0. The summed E-state index contributed by atoms with van der Waals surface area (Å²) in [7, 11) is 4.65. The number of hydrogen-bond donors (Lipinski definition) is 2. The average Bonchev–Trinajstić information content (AvgIpc) is 3.36. The summed E-state index contributed by atoms with van der Waals surface area (Å²) in [5.41, 5.74) is 3.23. The first-order valence-electron chi connectivity index (χ1n) is 11.5. The van der Waals surface area contributed by atoms with Crippen LogP contribution in [0.2, 0.25) is 0 Å². The molecule has 10 nitrogen and oxygen atoms in total. The minimum atomic E-state index is -0.647. The smallest absolute Gasteiger partial charge is 0.255 e. The van der Waals surface area contributed by atoms with E-state index in [0.717, 1.165) is 5.56 Å². The van der Waals surface area contributed by atoms with Crippen LogP contribution in [0.15, 0.2) is 78.3 Å². The van der Waals surface area contributed by atoms with Crippen molar-refractivity contribution in [3.05, 3.63) is 83.8 Å². The maximum atomic E-state index is 13.7. The lowest BCUT2D eigenvalue weighted by atomic mass is 9.94. The second-order valence-electron chi connectivity index (χ2n) is 8.29. The number of allylic oxidation sites excluding steroid dienone is 1. The molecule has 1 aliphatic heterocycles. The normalized spacial score (nSPS) is 14.4. The fourth-order valence-electron chi connectivity index (χ4n) is 4.36. The number of carbonyl (C=O) groups excluding carboxylic acids is 1. The minimum absolute atomic E-state index is 0.306. The van der Waals surface area contributed by atoms with E-state index in [9.17, 15) is 4.79 Å². The van der Waals surface area contributed by atoms with E-state index in [0.29, 0.717) is 51.5 Å². The predicted molar refractivity (Wildman–Crippen MR) is 139 cm³/mol.